The minimum atomic E-state index is -3.40. The molecule has 0 rings (SSSR count). The molecule has 0 aliphatic rings. The number of ether oxygens (including phenoxy) is 1. The lowest BCUT2D eigenvalue weighted by Crippen LogP contribution is -2.19. The lowest BCUT2D eigenvalue weighted by Gasteiger charge is -2.25. The third kappa shape index (κ3) is 9.34. The van der Waals surface area contributed by atoms with Gasteiger partial charge in [-0.1, -0.05) is 20.3 Å². The minimum absolute atomic E-state index is 0.0988. The largest absolute Gasteiger partial charge is 0.799 e. The van der Waals surface area contributed by atoms with Crippen LogP contribution in [0, 0.1) is 0 Å². The number of aliphatic hydroxyl groups is 1. The van der Waals surface area contributed by atoms with Crippen molar-refractivity contribution in [3.05, 3.63) is 0 Å². The Kier molecular flexibility index (Phi) is 9.24. The maximum absolute atomic E-state index is 11.5. The quantitative estimate of drug-likeness (QED) is 0.473. The van der Waals surface area contributed by atoms with E-state index in [0.29, 0.717) is 26.1 Å². The monoisotopic (exact) mass is 251 g/mol. The van der Waals surface area contributed by atoms with Gasteiger partial charge in [-0.25, -0.2) is 0 Å². The summed E-state index contributed by atoms with van der Waals surface area (Å²) in [5.74, 6) is 0. The highest BCUT2D eigenvalue weighted by Gasteiger charge is 2.12. The smallest absolute Gasteiger partial charge is 0.0594 e. The van der Waals surface area contributed by atoms with Gasteiger partial charge in [-0.05, 0) is 25.4 Å². The number of rotatable bonds is 10. The SMILES string of the molecule is CCCCOCCCP(=O)([O-])CC(O)CC. The van der Waals surface area contributed by atoms with Crippen molar-refractivity contribution in [3.63, 3.8) is 0 Å². The number of aliphatic hydroxyl groups excluding tert-OH is 1. The molecule has 0 aromatic heterocycles. The maximum atomic E-state index is 11.5. The Hall–Kier alpha value is 0.110. The van der Waals surface area contributed by atoms with E-state index in [-0.39, 0.29) is 12.3 Å². The molecule has 0 aliphatic heterocycles. The van der Waals surface area contributed by atoms with E-state index in [1.165, 1.54) is 0 Å². The molecule has 2 atom stereocenters. The predicted octanol–water partition coefficient (Wildman–Crippen LogP) is 1.60. The van der Waals surface area contributed by atoms with Gasteiger partial charge in [0.15, 0.2) is 0 Å². The van der Waals surface area contributed by atoms with Crippen LogP contribution in [0.2, 0.25) is 0 Å². The molecule has 0 spiro atoms. The van der Waals surface area contributed by atoms with Gasteiger partial charge in [-0.15, -0.1) is 0 Å². The van der Waals surface area contributed by atoms with E-state index >= 15 is 0 Å². The average Bonchev–Trinajstić information content (AvgIpc) is 2.22. The van der Waals surface area contributed by atoms with Crippen LogP contribution in [0.1, 0.15) is 39.5 Å². The second-order valence-corrected chi connectivity index (χ2v) is 6.54. The summed E-state index contributed by atoms with van der Waals surface area (Å²) in [6, 6.07) is 0. The Morgan fingerprint density at radius 3 is 2.50 bits per heavy atom. The first-order valence-corrected chi connectivity index (χ1v) is 8.06. The average molecular weight is 251 g/mol. The molecular formula is C11H24O4P-. The fourth-order valence-corrected chi connectivity index (χ4v) is 2.99. The molecule has 0 bridgehead atoms. The van der Waals surface area contributed by atoms with E-state index < -0.39 is 13.5 Å². The van der Waals surface area contributed by atoms with E-state index in [1.54, 1.807) is 6.92 Å². The summed E-state index contributed by atoms with van der Waals surface area (Å²) in [7, 11) is -3.40. The van der Waals surface area contributed by atoms with Crippen molar-refractivity contribution in [2.45, 2.75) is 45.6 Å². The molecule has 0 aromatic rings. The van der Waals surface area contributed by atoms with Gasteiger partial charge in [0.1, 0.15) is 0 Å². The van der Waals surface area contributed by atoms with Gasteiger partial charge < -0.3 is 19.3 Å². The Morgan fingerprint density at radius 2 is 1.94 bits per heavy atom. The molecule has 0 aliphatic carbocycles. The second-order valence-electron chi connectivity index (χ2n) is 4.10. The zero-order valence-corrected chi connectivity index (χ0v) is 11.2. The zero-order chi connectivity index (χ0) is 12.4. The Bertz CT molecular complexity index is 208. The summed E-state index contributed by atoms with van der Waals surface area (Å²) in [5.41, 5.74) is 0. The maximum Gasteiger partial charge on any atom is 0.0594 e. The van der Waals surface area contributed by atoms with Crippen molar-refractivity contribution in [1.82, 2.24) is 0 Å². The van der Waals surface area contributed by atoms with Crippen LogP contribution in [0.4, 0.5) is 0 Å². The van der Waals surface area contributed by atoms with Gasteiger partial charge in [-0.3, -0.25) is 0 Å². The van der Waals surface area contributed by atoms with Gasteiger partial charge >= 0.3 is 0 Å². The number of unbranched alkanes of at least 4 members (excludes halogenated alkanes) is 1. The minimum Gasteiger partial charge on any atom is -0.799 e. The number of hydrogen-bond acceptors (Lipinski definition) is 4. The van der Waals surface area contributed by atoms with E-state index in [4.69, 9.17) is 4.74 Å². The Balaban J connectivity index is 3.54. The summed E-state index contributed by atoms with van der Waals surface area (Å²) in [4.78, 5) is 11.5. The number of hydrogen-bond donors (Lipinski definition) is 1. The van der Waals surface area contributed by atoms with E-state index in [0.717, 1.165) is 12.8 Å². The van der Waals surface area contributed by atoms with Crippen LogP contribution in [-0.2, 0) is 9.30 Å². The molecule has 5 heteroatoms. The summed E-state index contributed by atoms with van der Waals surface area (Å²) in [6.07, 6.45) is 2.44. The second kappa shape index (κ2) is 9.17. The Labute approximate surface area is 98.5 Å². The van der Waals surface area contributed by atoms with E-state index in [2.05, 4.69) is 6.92 Å². The highest BCUT2D eigenvalue weighted by Crippen LogP contribution is 2.37. The molecule has 0 saturated carbocycles. The fourth-order valence-electron chi connectivity index (χ4n) is 1.30. The summed E-state index contributed by atoms with van der Waals surface area (Å²) >= 11 is 0. The van der Waals surface area contributed by atoms with Crippen LogP contribution in [-0.4, -0.2) is 36.7 Å². The first-order valence-electron chi connectivity index (χ1n) is 6.06. The summed E-state index contributed by atoms with van der Waals surface area (Å²) < 4.78 is 16.8. The molecule has 2 unspecified atom stereocenters. The molecule has 0 aromatic carbocycles. The van der Waals surface area contributed by atoms with Crippen LogP contribution >= 0.6 is 7.37 Å². The summed E-state index contributed by atoms with van der Waals surface area (Å²) in [5, 5.41) is 9.26. The molecule has 4 nitrogen and oxygen atoms in total. The molecule has 16 heavy (non-hydrogen) atoms. The molecule has 0 saturated heterocycles. The van der Waals surface area contributed by atoms with E-state index in [1.807, 2.05) is 0 Å². The lowest BCUT2D eigenvalue weighted by molar-refractivity contribution is -0.176. The van der Waals surface area contributed by atoms with Crippen molar-refractivity contribution in [3.8, 4) is 0 Å². The molecule has 98 valence electrons. The van der Waals surface area contributed by atoms with Crippen LogP contribution < -0.4 is 4.89 Å². The molecule has 0 radical (unpaired) electrons. The van der Waals surface area contributed by atoms with Crippen LogP contribution in [0.5, 0.6) is 0 Å². The molecule has 0 heterocycles. The summed E-state index contributed by atoms with van der Waals surface area (Å²) in [6.45, 7) is 5.06. The standard InChI is InChI=1S/C11H25O4P/c1-3-5-7-15-8-6-9-16(13,14)10-11(12)4-2/h11-12H,3-10H2,1-2H3,(H,13,14)/p-1. The topological polar surface area (TPSA) is 69.6 Å². The third-order valence-electron chi connectivity index (χ3n) is 2.39. The van der Waals surface area contributed by atoms with Crippen LogP contribution in [0.25, 0.3) is 0 Å². The van der Waals surface area contributed by atoms with Crippen LogP contribution in [0.3, 0.4) is 0 Å². The van der Waals surface area contributed by atoms with Gasteiger partial charge in [0.25, 0.3) is 0 Å². The lowest BCUT2D eigenvalue weighted by atomic mass is 10.3. The van der Waals surface area contributed by atoms with Gasteiger partial charge in [0.2, 0.25) is 0 Å². The highest BCUT2D eigenvalue weighted by molar-refractivity contribution is 7.56. The van der Waals surface area contributed by atoms with Crippen LogP contribution in [0.15, 0.2) is 0 Å². The van der Waals surface area contributed by atoms with Gasteiger partial charge in [0, 0.05) is 26.7 Å². The van der Waals surface area contributed by atoms with Crippen molar-refractivity contribution in [2.24, 2.45) is 0 Å². The zero-order valence-electron chi connectivity index (χ0n) is 10.4. The normalized spacial score (nSPS) is 17.0. The van der Waals surface area contributed by atoms with Crippen molar-refractivity contribution >= 4 is 7.37 Å². The van der Waals surface area contributed by atoms with Crippen molar-refractivity contribution in [2.75, 3.05) is 25.5 Å². The van der Waals surface area contributed by atoms with Gasteiger partial charge in [-0.2, -0.15) is 0 Å². The predicted molar refractivity (Wildman–Crippen MR) is 64.0 cm³/mol. The Morgan fingerprint density at radius 1 is 1.31 bits per heavy atom. The van der Waals surface area contributed by atoms with E-state index in [9.17, 15) is 14.6 Å². The molecular weight excluding hydrogens is 227 g/mol. The first kappa shape index (κ1) is 16.1. The van der Waals surface area contributed by atoms with Gasteiger partial charge in [0.05, 0.1) is 6.10 Å². The van der Waals surface area contributed by atoms with Crippen molar-refractivity contribution in [1.29, 1.82) is 0 Å². The third-order valence-corrected chi connectivity index (χ3v) is 4.37. The fraction of sp³-hybridized carbons (Fsp3) is 1.00. The molecule has 0 fully saturated rings. The van der Waals surface area contributed by atoms with Crippen molar-refractivity contribution < 1.29 is 19.3 Å². The molecule has 0 amide bonds. The molecule has 1 N–H and O–H groups in total. The first-order chi connectivity index (χ1) is 7.52. The highest BCUT2D eigenvalue weighted by atomic mass is 31.2.